The van der Waals surface area contributed by atoms with Crippen molar-refractivity contribution in [3.05, 3.63) is 54.1 Å². The molecule has 59 heavy (non-hydrogen) atoms. The van der Waals surface area contributed by atoms with Crippen LogP contribution >= 0.6 is 7.60 Å². The van der Waals surface area contributed by atoms with Crippen molar-refractivity contribution in [3.8, 4) is 0 Å². The highest BCUT2D eigenvalue weighted by molar-refractivity contribution is 7.53. The molecule has 19 nitrogen and oxygen atoms in total. The first-order chi connectivity index (χ1) is 27.7. The summed E-state index contributed by atoms with van der Waals surface area (Å²) in [5.41, 5.74) is 1.89. The third-order valence-corrected chi connectivity index (χ3v) is 11.0. The Bertz CT molecular complexity index is 1780. The summed E-state index contributed by atoms with van der Waals surface area (Å²) in [6.07, 6.45) is 4.75. The van der Waals surface area contributed by atoms with Crippen LogP contribution in [0.5, 0.6) is 0 Å². The van der Waals surface area contributed by atoms with Gasteiger partial charge in [0, 0.05) is 44.8 Å². The average molecular weight is 857 g/mol. The molecule has 1 saturated heterocycles. The number of carbonyl (C=O) groups excluding carboxylic acids is 6. The van der Waals surface area contributed by atoms with E-state index in [2.05, 4.69) is 25.9 Å². The van der Waals surface area contributed by atoms with E-state index in [1.807, 2.05) is 30.3 Å². The number of ether oxygens (including phenoxy) is 1. The summed E-state index contributed by atoms with van der Waals surface area (Å²) in [6.45, 7) is 4.91. The summed E-state index contributed by atoms with van der Waals surface area (Å²) < 4.78 is 46.3. The minimum absolute atomic E-state index is 0.0950. The van der Waals surface area contributed by atoms with Crippen LogP contribution in [0.3, 0.4) is 0 Å². The first kappa shape index (κ1) is 48.5. The van der Waals surface area contributed by atoms with Crippen molar-refractivity contribution in [1.29, 1.82) is 0 Å². The van der Waals surface area contributed by atoms with Gasteiger partial charge in [-0.25, -0.2) is 4.98 Å². The molecule has 3 rings (SSSR count). The number of rotatable bonds is 23. The van der Waals surface area contributed by atoms with Gasteiger partial charge in [-0.2, -0.15) is 8.78 Å². The molecule has 1 aliphatic heterocycles. The number of nitrogens with one attached hydrogen (secondary N) is 5. The molecule has 1 aromatic carbocycles. The monoisotopic (exact) mass is 856 g/mol. The van der Waals surface area contributed by atoms with Crippen LogP contribution in [0.25, 0.3) is 0 Å². The molecule has 1 aliphatic rings. The Morgan fingerprint density at radius 3 is 2.17 bits per heavy atom. The van der Waals surface area contributed by atoms with Crippen molar-refractivity contribution in [1.82, 2.24) is 36.1 Å². The van der Waals surface area contributed by atoms with Gasteiger partial charge in [0.2, 0.25) is 35.4 Å². The van der Waals surface area contributed by atoms with Gasteiger partial charge >= 0.3 is 13.3 Å². The molecule has 0 unspecified atom stereocenters. The van der Waals surface area contributed by atoms with Gasteiger partial charge in [-0.15, -0.1) is 0 Å². The predicted molar refractivity (Wildman–Crippen MR) is 207 cm³/mol. The number of alkyl halides is 2. The molecule has 0 spiro atoms. The van der Waals surface area contributed by atoms with Crippen LogP contribution in [0, 0.1) is 11.8 Å². The molecular formula is C37H55F2N8O11P. The number of aromatic nitrogens is 2. The lowest BCUT2D eigenvalue weighted by atomic mass is 10.0. The van der Waals surface area contributed by atoms with Crippen molar-refractivity contribution in [2.75, 3.05) is 19.8 Å². The Hall–Kier alpha value is -4.82. The number of halogens is 2. The highest BCUT2D eigenvalue weighted by Gasteiger charge is 2.57. The van der Waals surface area contributed by atoms with Crippen molar-refractivity contribution in [2.24, 2.45) is 17.6 Å². The number of unbranched alkanes of at least 4 members (excludes halogenated alkanes) is 1. The van der Waals surface area contributed by atoms with Crippen LogP contribution in [0.4, 0.5) is 8.78 Å². The van der Waals surface area contributed by atoms with Crippen LogP contribution < -0.4 is 27.0 Å². The van der Waals surface area contributed by atoms with Gasteiger partial charge in [-0.05, 0) is 37.2 Å². The Balaban J connectivity index is 1.72. The number of H-pyrrole nitrogens is 1. The molecule has 0 saturated carbocycles. The van der Waals surface area contributed by atoms with E-state index in [9.17, 15) is 47.2 Å². The lowest BCUT2D eigenvalue weighted by Gasteiger charge is -2.31. The molecule has 2 aromatic rings. The standard InChI is InChI=1S/C37H55F2N8O11P/c1-21(2)14-27(44-36(54)30-16-26(18-47(30)23(4)49)58-13-9-8-12-24-10-6-5-7-11-24)33(51)43-28(15-25-17-41-20-42-25)34(52)45-29(19-48)35(53)46-31(32(40)50)22(3)37(38,39)59(55,56)57/h5-7,10-11,17,20-22,26-31,48H,8-9,12-16,18-19H2,1-4H3,(H2,40,50)(H,41,42)(H,43,51)(H,44,54)(H,45,52)(H,46,53)(H2,55,56,57)/t22-,26+,27+,28+,29+,30+,31+/m1/s1. The largest absolute Gasteiger partial charge is 0.394 e. The number of primary amides is 1. The first-order valence-electron chi connectivity index (χ1n) is 19.1. The van der Waals surface area contributed by atoms with Crippen molar-refractivity contribution in [3.63, 3.8) is 0 Å². The number of aliphatic hydroxyl groups excluding tert-OH is 1. The fourth-order valence-electron chi connectivity index (χ4n) is 6.54. The number of hydrogen-bond donors (Lipinski definition) is 9. The number of likely N-dealkylation sites (tertiary alicyclic amines) is 1. The minimum Gasteiger partial charge on any atom is -0.394 e. The molecule has 328 valence electrons. The maximum absolute atomic E-state index is 14.4. The van der Waals surface area contributed by atoms with Crippen LogP contribution in [0.2, 0.25) is 0 Å². The summed E-state index contributed by atoms with van der Waals surface area (Å²) in [5, 5.41) is 19.2. The number of aromatic amines is 1. The lowest BCUT2D eigenvalue weighted by Crippen LogP contribution is -2.61. The number of aryl methyl sites for hydroxylation is 1. The van der Waals surface area contributed by atoms with Crippen molar-refractivity contribution >= 4 is 43.0 Å². The molecule has 1 fully saturated rings. The first-order valence-corrected chi connectivity index (χ1v) is 20.7. The number of benzene rings is 1. The fourth-order valence-corrected chi connectivity index (χ4v) is 7.22. The van der Waals surface area contributed by atoms with Gasteiger partial charge in [0.1, 0.15) is 30.2 Å². The second kappa shape index (κ2) is 22.0. The van der Waals surface area contributed by atoms with Gasteiger partial charge in [0.05, 0.1) is 25.0 Å². The minimum atomic E-state index is -6.14. The second-order valence-corrected chi connectivity index (χ2v) is 16.6. The topological polar surface area (TPSA) is 295 Å². The zero-order valence-corrected chi connectivity index (χ0v) is 34.2. The predicted octanol–water partition coefficient (Wildman–Crippen LogP) is -0.149. The van der Waals surface area contributed by atoms with Crippen molar-refractivity contribution < 1.29 is 61.7 Å². The van der Waals surface area contributed by atoms with E-state index in [0.29, 0.717) is 19.2 Å². The summed E-state index contributed by atoms with van der Waals surface area (Å²) in [7, 11) is -6.14. The highest BCUT2D eigenvalue weighted by atomic mass is 31.2. The van der Waals surface area contributed by atoms with E-state index >= 15 is 0 Å². The molecule has 6 amide bonds. The summed E-state index contributed by atoms with van der Waals surface area (Å²) in [5.74, 6) is -8.59. The molecule has 0 radical (unpaired) electrons. The maximum atomic E-state index is 14.4. The van der Waals surface area contributed by atoms with E-state index in [-0.39, 0.29) is 37.6 Å². The highest BCUT2D eigenvalue weighted by Crippen LogP contribution is 2.57. The number of aliphatic hydroxyl groups is 1. The quantitative estimate of drug-likeness (QED) is 0.0521. The van der Waals surface area contributed by atoms with E-state index in [1.54, 1.807) is 19.2 Å². The van der Waals surface area contributed by atoms with E-state index in [0.717, 1.165) is 19.3 Å². The smallest absolute Gasteiger partial charge is 0.394 e. The number of amides is 6. The van der Waals surface area contributed by atoms with Crippen LogP contribution in [-0.4, -0.2) is 127 Å². The summed E-state index contributed by atoms with van der Waals surface area (Å²) in [4.78, 5) is 105. The molecule has 2 heterocycles. The Morgan fingerprint density at radius 1 is 0.983 bits per heavy atom. The maximum Gasteiger partial charge on any atom is 0.394 e. The Labute approximate surface area is 340 Å². The fraction of sp³-hybridized carbons (Fsp3) is 0.595. The summed E-state index contributed by atoms with van der Waals surface area (Å²) >= 11 is 0. The van der Waals surface area contributed by atoms with Crippen LogP contribution in [-0.2, 0) is 50.9 Å². The van der Waals surface area contributed by atoms with Gasteiger partial charge in [-0.3, -0.25) is 33.3 Å². The van der Waals surface area contributed by atoms with Crippen LogP contribution in [0.15, 0.2) is 42.9 Å². The average Bonchev–Trinajstić information content (AvgIpc) is 3.85. The molecule has 7 atom stereocenters. The van der Waals surface area contributed by atoms with Crippen LogP contribution in [0.1, 0.15) is 64.6 Å². The zero-order valence-electron chi connectivity index (χ0n) is 33.3. The molecule has 1 aromatic heterocycles. The van der Waals surface area contributed by atoms with Gasteiger partial charge in [0.25, 0.3) is 0 Å². The molecule has 10 N–H and O–H groups in total. The van der Waals surface area contributed by atoms with Crippen molar-refractivity contribution in [2.45, 2.75) is 108 Å². The molecule has 0 bridgehead atoms. The Kier molecular flexibility index (Phi) is 18.1. The van der Waals surface area contributed by atoms with Gasteiger partial charge in [-0.1, -0.05) is 51.1 Å². The SMILES string of the molecule is CC(=O)N1C[C@@H](OCCCCc2ccccc2)C[C@H]1C(=O)N[C@@H](CC(C)C)C(=O)N[C@@H](Cc1cnc[nH]1)C(=O)N[C@@H](CO)C(=O)N[C@H](C(N)=O)[C@@H](C)C(F)(F)P(=O)(O)O. The number of imidazole rings is 1. The third kappa shape index (κ3) is 14.2. The third-order valence-electron chi connectivity index (χ3n) is 9.83. The molecule has 22 heteroatoms. The molecular weight excluding hydrogens is 801 g/mol. The normalized spacial score (nSPS) is 18.3. The zero-order chi connectivity index (χ0) is 44.1. The van der Waals surface area contributed by atoms with E-state index in [4.69, 9.17) is 20.3 Å². The Morgan fingerprint density at radius 2 is 1.61 bits per heavy atom. The molecule has 0 aliphatic carbocycles. The van der Waals surface area contributed by atoms with Gasteiger partial charge in [0.15, 0.2) is 0 Å². The second-order valence-electron chi connectivity index (χ2n) is 14.9. The lowest BCUT2D eigenvalue weighted by molar-refractivity contribution is -0.139. The number of carbonyl (C=O) groups is 6. The summed E-state index contributed by atoms with van der Waals surface area (Å²) in [6, 6.07) is 2.00. The van der Waals surface area contributed by atoms with Gasteiger partial charge < -0.3 is 56.5 Å². The number of hydrogen-bond acceptors (Lipinski definition) is 10. The van der Waals surface area contributed by atoms with E-state index < -0.39 is 91.6 Å². The number of nitrogens with two attached hydrogens (primary N) is 1. The number of nitrogens with zero attached hydrogens (tertiary/aromatic N) is 2. The van der Waals surface area contributed by atoms with E-state index in [1.165, 1.54) is 29.9 Å².